The van der Waals surface area contributed by atoms with E-state index in [1.54, 1.807) is 40.4 Å². The van der Waals surface area contributed by atoms with Gasteiger partial charge in [0.25, 0.3) is 11.5 Å². The van der Waals surface area contributed by atoms with E-state index in [9.17, 15) is 22.8 Å². The number of carbonyl (C=O) groups excluding carboxylic acids is 1. The molecule has 4 aromatic rings. The zero-order chi connectivity index (χ0) is 30.0. The maximum absolute atomic E-state index is 13.5. The van der Waals surface area contributed by atoms with Crippen LogP contribution in [0, 0.1) is 0 Å². The molecular weight excluding hydrogens is 577 g/mol. The highest BCUT2D eigenvalue weighted by atomic mass is 32.1. The molecule has 0 radical (unpaired) electrons. The van der Waals surface area contributed by atoms with Crippen molar-refractivity contribution in [1.82, 2.24) is 24.7 Å². The lowest BCUT2D eigenvalue weighted by atomic mass is 10.1. The Hall–Kier alpha value is -3.74. The molecule has 0 saturated carbocycles. The molecule has 4 heterocycles. The van der Waals surface area contributed by atoms with E-state index in [1.807, 2.05) is 23.1 Å². The fourth-order valence-electron chi connectivity index (χ4n) is 5.80. The third kappa shape index (κ3) is 6.61. The smallest absolute Gasteiger partial charge is 0.369 e. The maximum atomic E-state index is 13.5. The van der Waals surface area contributed by atoms with Crippen molar-refractivity contribution in [3.05, 3.63) is 92.8 Å². The van der Waals surface area contributed by atoms with Gasteiger partial charge in [-0.1, -0.05) is 24.3 Å². The van der Waals surface area contributed by atoms with Crippen LogP contribution in [0.2, 0.25) is 0 Å². The molecule has 0 unspecified atom stereocenters. The molecule has 1 fully saturated rings. The summed E-state index contributed by atoms with van der Waals surface area (Å²) in [6, 6.07) is 14.6. The molecule has 1 amide bonds. The number of piperazine rings is 1. The Morgan fingerprint density at radius 3 is 2.49 bits per heavy atom. The van der Waals surface area contributed by atoms with Gasteiger partial charge in [0, 0.05) is 81.6 Å². The van der Waals surface area contributed by atoms with Gasteiger partial charge in [-0.25, -0.2) is 4.98 Å². The number of rotatable bonds is 8. The van der Waals surface area contributed by atoms with Crippen molar-refractivity contribution in [3.8, 4) is 0 Å². The lowest BCUT2D eigenvalue weighted by molar-refractivity contribution is -0.137. The predicted octanol–water partition coefficient (Wildman–Crippen LogP) is 4.09. The highest BCUT2D eigenvalue weighted by molar-refractivity contribution is 7.18. The second-order valence-electron chi connectivity index (χ2n) is 11.0. The molecule has 43 heavy (non-hydrogen) atoms. The normalized spacial score (nSPS) is 16.4. The summed E-state index contributed by atoms with van der Waals surface area (Å²) in [5, 5.41) is 3.70. The van der Waals surface area contributed by atoms with Gasteiger partial charge < -0.3 is 10.2 Å². The minimum atomic E-state index is -4.36. The van der Waals surface area contributed by atoms with Gasteiger partial charge in [0.1, 0.15) is 4.83 Å². The molecule has 2 aromatic carbocycles. The van der Waals surface area contributed by atoms with E-state index in [-0.39, 0.29) is 11.5 Å². The topological polar surface area (TPSA) is 73.7 Å². The standard InChI is InChI=1S/C31H33F3N6O2S/c32-31(33,34)23-7-4-8-24(19-23)39-16-13-37(14-17-39)15-18-40-21-36-29-27(30(40)42)25-9-11-38(20-26(25)43-29)12-10-35-28(41)22-5-2-1-3-6-22/h1-8,19,21H,9-18,20H2,(H,35,41). The quantitative estimate of drug-likeness (QED) is 0.324. The van der Waals surface area contributed by atoms with E-state index >= 15 is 0 Å². The zero-order valence-electron chi connectivity index (χ0n) is 23.6. The van der Waals surface area contributed by atoms with Crippen molar-refractivity contribution in [3.63, 3.8) is 0 Å². The molecule has 0 bridgehead atoms. The molecule has 2 aromatic heterocycles. The molecular formula is C31H33F3N6O2S. The van der Waals surface area contributed by atoms with E-state index in [0.29, 0.717) is 62.5 Å². The van der Waals surface area contributed by atoms with Gasteiger partial charge >= 0.3 is 6.18 Å². The monoisotopic (exact) mass is 610 g/mol. The fraction of sp³-hybridized carbons (Fsp3) is 0.387. The molecule has 0 spiro atoms. The molecule has 2 aliphatic rings. The first kappa shape index (κ1) is 29.3. The van der Waals surface area contributed by atoms with Gasteiger partial charge in [-0.3, -0.25) is 24.0 Å². The molecule has 12 heteroatoms. The van der Waals surface area contributed by atoms with Crippen LogP contribution in [0.1, 0.15) is 26.4 Å². The number of anilines is 1. The van der Waals surface area contributed by atoms with Crippen molar-refractivity contribution in [1.29, 1.82) is 0 Å². The molecule has 6 rings (SSSR count). The van der Waals surface area contributed by atoms with Crippen molar-refractivity contribution in [2.24, 2.45) is 0 Å². The average Bonchev–Trinajstić information content (AvgIpc) is 3.39. The fourth-order valence-corrected chi connectivity index (χ4v) is 7.02. The number of thiophene rings is 1. The Labute approximate surface area is 251 Å². The molecule has 1 saturated heterocycles. The summed E-state index contributed by atoms with van der Waals surface area (Å²) in [5.74, 6) is -0.0810. The third-order valence-corrected chi connectivity index (χ3v) is 9.35. The van der Waals surface area contributed by atoms with E-state index in [0.717, 1.165) is 47.4 Å². The molecule has 8 nitrogen and oxygen atoms in total. The van der Waals surface area contributed by atoms with Gasteiger partial charge in [0.15, 0.2) is 0 Å². The summed E-state index contributed by atoms with van der Waals surface area (Å²) in [6.45, 7) is 6.64. The van der Waals surface area contributed by atoms with Gasteiger partial charge in [-0.2, -0.15) is 13.2 Å². The summed E-state index contributed by atoms with van der Waals surface area (Å²) in [4.78, 5) is 38.9. The summed E-state index contributed by atoms with van der Waals surface area (Å²) in [6.07, 6.45) is -1.97. The minimum absolute atomic E-state index is 0.0197. The number of hydrogen-bond acceptors (Lipinski definition) is 7. The number of nitrogens with one attached hydrogen (secondary N) is 1. The number of carbonyl (C=O) groups is 1. The lowest BCUT2D eigenvalue weighted by Crippen LogP contribution is -2.47. The first-order valence-electron chi connectivity index (χ1n) is 14.5. The average molecular weight is 611 g/mol. The van der Waals surface area contributed by atoms with E-state index in [2.05, 4.69) is 20.1 Å². The number of nitrogens with zero attached hydrogens (tertiary/aromatic N) is 5. The zero-order valence-corrected chi connectivity index (χ0v) is 24.5. The summed E-state index contributed by atoms with van der Waals surface area (Å²) < 4.78 is 41.1. The van der Waals surface area contributed by atoms with Crippen LogP contribution >= 0.6 is 11.3 Å². The first-order chi connectivity index (χ1) is 20.8. The molecule has 1 N–H and O–H groups in total. The highest BCUT2D eigenvalue weighted by Gasteiger charge is 2.31. The van der Waals surface area contributed by atoms with E-state index < -0.39 is 11.7 Å². The van der Waals surface area contributed by atoms with E-state index in [4.69, 9.17) is 0 Å². The van der Waals surface area contributed by atoms with Crippen LogP contribution in [0.5, 0.6) is 0 Å². The summed E-state index contributed by atoms with van der Waals surface area (Å²) in [5.41, 5.74) is 1.66. The molecule has 0 atom stereocenters. The van der Waals surface area contributed by atoms with Crippen LogP contribution in [0.4, 0.5) is 18.9 Å². The Morgan fingerprint density at radius 2 is 1.72 bits per heavy atom. The summed E-state index contributed by atoms with van der Waals surface area (Å²) >= 11 is 1.57. The van der Waals surface area contributed by atoms with Crippen LogP contribution in [-0.2, 0) is 25.7 Å². The van der Waals surface area contributed by atoms with Crippen molar-refractivity contribution >= 4 is 33.1 Å². The Kier molecular flexibility index (Phi) is 8.51. The second kappa shape index (κ2) is 12.5. The molecule has 226 valence electrons. The number of fused-ring (bicyclic) bond motifs is 3. The number of aromatic nitrogens is 2. The van der Waals surface area contributed by atoms with Gasteiger partial charge in [0.2, 0.25) is 0 Å². The largest absolute Gasteiger partial charge is 0.416 e. The number of alkyl halides is 3. The second-order valence-corrected chi connectivity index (χ2v) is 12.0. The van der Waals surface area contributed by atoms with Gasteiger partial charge in [-0.15, -0.1) is 11.3 Å². The Morgan fingerprint density at radius 1 is 0.930 bits per heavy atom. The molecule has 2 aliphatic heterocycles. The van der Waals surface area contributed by atoms with Gasteiger partial charge in [0.05, 0.1) is 17.3 Å². The van der Waals surface area contributed by atoms with Crippen molar-refractivity contribution in [2.45, 2.75) is 25.7 Å². The number of hydrogen-bond donors (Lipinski definition) is 1. The number of halogens is 3. The minimum Gasteiger partial charge on any atom is -0.369 e. The van der Waals surface area contributed by atoms with Crippen LogP contribution in [-0.4, -0.2) is 77.6 Å². The first-order valence-corrected chi connectivity index (χ1v) is 15.3. The van der Waals surface area contributed by atoms with Crippen LogP contribution in [0.15, 0.2) is 65.7 Å². The SMILES string of the molecule is O=C(NCCN1CCc2c(sc3ncn(CCN4CCN(c5cccc(C(F)(F)F)c5)CC4)c(=O)c23)C1)c1ccccc1. The highest BCUT2D eigenvalue weighted by Crippen LogP contribution is 2.33. The molecule has 0 aliphatic carbocycles. The third-order valence-electron chi connectivity index (χ3n) is 8.22. The van der Waals surface area contributed by atoms with Crippen LogP contribution < -0.4 is 15.8 Å². The van der Waals surface area contributed by atoms with Gasteiger partial charge in [-0.05, 0) is 42.3 Å². The van der Waals surface area contributed by atoms with E-state index in [1.165, 1.54) is 12.1 Å². The Bertz CT molecular complexity index is 1650. The van der Waals surface area contributed by atoms with Crippen LogP contribution in [0.25, 0.3) is 10.2 Å². The number of amides is 1. The lowest BCUT2D eigenvalue weighted by Gasteiger charge is -2.36. The van der Waals surface area contributed by atoms with Crippen molar-refractivity contribution < 1.29 is 18.0 Å². The van der Waals surface area contributed by atoms with Crippen LogP contribution in [0.3, 0.4) is 0 Å². The Balaban J connectivity index is 1.03. The van der Waals surface area contributed by atoms with Crippen molar-refractivity contribution in [2.75, 3.05) is 57.3 Å². The number of benzene rings is 2. The summed E-state index contributed by atoms with van der Waals surface area (Å²) in [7, 11) is 0. The maximum Gasteiger partial charge on any atom is 0.416 e. The predicted molar refractivity (Wildman–Crippen MR) is 162 cm³/mol.